The quantitative estimate of drug-likeness (QED) is 0.385. The predicted molar refractivity (Wildman–Crippen MR) is 59.6 cm³/mol. The highest BCUT2D eigenvalue weighted by atomic mass is 32.1. The van der Waals surface area contributed by atoms with Crippen LogP contribution in [0.5, 0.6) is 0 Å². The van der Waals surface area contributed by atoms with Crippen molar-refractivity contribution in [2.75, 3.05) is 0 Å². The molecule has 5 heteroatoms. The first-order chi connectivity index (χ1) is 7.02. The molecule has 3 atom stereocenters. The van der Waals surface area contributed by atoms with Gasteiger partial charge in [-0.25, -0.2) is 0 Å². The van der Waals surface area contributed by atoms with Crippen molar-refractivity contribution in [3.8, 4) is 0 Å². The summed E-state index contributed by atoms with van der Waals surface area (Å²) in [5.41, 5.74) is 0. The molecule has 0 aromatic heterocycles. The van der Waals surface area contributed by atoms with Gasteiger partial charge in [0.05, 0.1) is 17.2 Å². The standard InChI is InChI=1S/C10H15NO3S/c1-6(15)11-9(12)7-4-2-3-5-8(7)10(13)14/h3,5-8,15H,2,4H2,1H3,(H,11,12)(H,13,14). The van der Waals surface area contributed by atoms with Crippen molar-refractivity contribution in [2.45, 2.75) is 25.1 Å². The highest BCUT2D eigenvalue weighted by molar-refractivity contribution is 7.80. The number of hydrogen-bond acceptors (Lipinski definition) is 3. The molecule has 0 bridgehead atoms. The molecule has 0 aromatic carbocycles. The van der Waals surface area contributed by atoms with Crippen LogP contribution in [0.1, 0.15) is 19.8 Å². The second-order valence-electron chi connectivity index (χ2n) is 3.66. The van der Waals surface area contributed by atoms with Gasteiger partial charge in [-0.05, 0) is 19.8 Å². The number of thiol groups is 1. The summed E-state index contributed by atoms with van der Waals surface area (Å²) in [6.45, 7) is 1.73. The van der Waals surface area contributed by atoms with Crippen molar-refractivity contribution < 1.29 is 14.7 Å². The Morgan fingerprint density at radius 1 is 1.60 bits per heavy atom. The van der Waals surface area contributed by atoms with Crippen LogP contribution < -0.4 is 5.32 Å². The number of carboxylic acid groups (broad SMARTS) is 1. The van der Waals surface area contributed by atoms with Gasteiger partial charge in [-0.1, -0.05) is 12.2 Å². The fourth-order valence-electron chi connectivity index (χ4n) is 1.69. The van der Waals surface area contributed by atoms with Gasteiger partial charge in [0.1, 0.15) is 0 Å². The molecule has 0 fully saturated rings. The van der Waals surface area contributed by atoms with Gasteiger partial charge in [0.2, 0.25) is 5.91 Å². The topological polar surface area (TPSA) is 66.4 Å². The fourth-order valence-corrected chi connectivity index (χ4v) is 1.82. The second-order valence-corrected chi connectivity index (χ2v) is 4.44. The van der Waals surface area contributed by atoms with Crippen molar-refractivity contribution in [3.63, 3.8) is 0 Å². The van der Waals surface area contributed by atoms with Gasteiger partial charge in [0, 0.05) is 0 Å². The molecule has 0 saturated heterocycles. The molecule has 1 amide bonds. The van der Waals surface area contributed by atoms with E-state index >= 15 is 0 Å². The Hall–Kier alpha value is -0.970. The summed E-state index contributed by atoms with van der Waals surface area (Å²) in [5, 5.41) is 11.3. The third-order valence-corrected chi connectivity index (χ3v) is 2.52. The average molecular weight is 229 g/mol. The van der Waals surface area contributed by atoms with E-state index < -0.39 is 17.8 Å². The number of aliphatic carboxylic acids is 1. The molecule has 15 heavy (non-hydrogen) atoms. The van der Waals surface area contributed by atoms with Crippen molar-refractivity contribution in [3.05, 3.63) is 12.2 Å². The zero-order chi connectivity index (χ0) is 11.4. The van der Waals surface area contributed by atoms with Gasteiger partial charge in [0.25, 0.3) is 0 Å². The number of hydrogen-bond donors (Lipinski definition) is 3. The molecular weight excluding hydrogens is 214 g/mol. The van der Waals surface area contributed by atoms with Crippen molar-refractivity contribution in [1.29, 1.82) is 0 Å². The van der Waals surface area contributed by atoms with Crippen LogP contribution in [-0.2, 0) is 9.59 Å². The molecule has 0 spiro atoms. The molecule has 0 aliphatic heterocycles. The maximum Gasteiger partial charge on any atom is 0.311 e. The Balaban J connectivity index is 2.70. The minimum Gasteiger partial charge on any atom is -0.481 e. The number of allylic oxidation sites excluding steroid dienone is 1. The monoisotopic (exact) mass is 229 g/mol. The molecule has 1 rings (SSSR count). The van der Waals surface area contributed by atoms with E-state index in [1.165, 1.54) is 0 Å². The van der Waals surface area contributed by atoms with Gasteiger partial charge in [-0.15, -0.1) is 0 Å². The molecule has 1 aliphatic carbocycles. The Kier molecular flexibility index (Phi) is 4.20. The first-order valence-corrected chi connectivity index (χ1v) is 5.42. The van der Waals surface area contributed by atoms with Crippen molar-refractivity contribution in [2.24, 2.45) is 11.8 Å². The molecule has 4 nitrogen and oxygen atoms in total. The second kappa shape index (κ2) is 5.21. The third kappa shape index (κ3) is 3.27. The zero-order valence-corrected chi connectivity index (χ0v) is 9.41. The van der Waals surface area contributed by atoms with Crippen LogP contribution in [-0.4, -0.2) is 22.4 Å². The zero-order valence-electron chi connectivity index (χ0n) is 8.51. The lowest BCUT2D eigenvalue weighted by Crippen LogP contribution is -2.40. The highest BCUT2D eigenvalue weighted by Gasteiger charge is 2.33. The first kappa shape index (κ1) is 12.1. The Morgan fingerprint density at radius 2 is 2.27 bits per heavy atom. The SMILES string of the molecule is CC(S)NC(=O)C1CCC=CC1C(=O)O. The van der Waals surface area contributed by atoms with E-state index in [4.69, 9.17) is 5.11 Å². The summed E-state index contributed by atoms with van der Waals surface area (Å²) in [6.07, 6.45) is 4.74. The van der Waals surface area contributed by atoms with Crippen molar-refractivity contribution in [1.82, 2.24) is 5.32 Å². The number of rotatable bonds is 3. The molecule has 0 saturated carbocycles. The summed E-state index contributed by atoms with van der Waals surface area (Å²) in [6, 6.07) is 0. The van der Waals surface area contributed by atoms with Crippen LogP contribution in [0.2, 0.25) is 0 Å². The molecular formula is C10H15NO3S. The van der Waals surface area contributed by atoms with Crippen molar-refractivity contribution >= 4 is 24.5 Å². The lowest BCUT2D eigenvalue weighted by Gasteiger charge is -2.24. The van der Waals surface area contributed by atoms with Gasteiger partial charge in [-0.2, -0.15) is 12.6 Å². The fraction of sp³-hybridized carbons (Fsp3) is 0.600. The van der Waals surface area contributed by atoms with Crippen LogP contribution in [0.15, 0.2) is 12.2 Å². The van der Waals surface area contributed by atoms with E-state index in [9.17, 15) is 9.59 Å². The van der Waals surface area contributed by atoms with Crippen LogP contribution in [0.25, 0.3) is 0 Å². The summed E-state index contributed by atoms with van der Waals surface area (Å²) in [5.74, 6) is -2.35. The van der Waals surface area contributed by atoms with Crippen LogP contribution in [0.3, 0.4) is 0 Å². The van der Waals surface area contributed by atoms with E-state index in [1.54, 1.807) is 13.0 Å². The first-order valence-electron chi connectivity index (χ1n) is 4.90. The van der Waals surface area contributed by atoms with Gasteiger partial charge in [-0.3, -0.25) is 9.59 Å². The normalized spacial score (nSPS) is 27.1. The highest BCUT2D eigenvalue weighted by Crippen LogP contribution is 2.25. The van der Waals surface area contributed by atoms with E-state index in [0.717, 1.165) is 6.42 Å². The summed E-state index contributed by atoms with van der Waals surface area (Å²) >= 11 is 4.04. The maximum absolute atomic E-state index is 11.7. The van der Waals surface area contributed by atoms with Crippen LogP contribution in [0, 0.1) is 11.8 Å². The number of carbonyl (C=O) groups excluding carboxylic acids is 1. The van der Waals surface area contributed by atoms with Crippen LogP contribution >= 0.6 is 12.6 Å². The Labute approximate surface area is 94.2 Å². The molecule has 2 N–H and O–H groups in total. The number of amides is 1. The van der Waals surface area contributed by atoms with E-state index in [-0.39, 0.29) is 11.3 Å². The minimum atomic E-state index is -0.946. The largest absolute Gasteiger partial charge is 0.481 e. The van der Waals surface area contributed by atoms with Gasteiger partial charge >= 0.3 is 5.97 Å². The Morgan fingerprint density at radius 3 is 2.80 bits per heavy atom. The summed E-state index contributed by atoms with van der Waals surface area (Å²) in [7, 11) is 0. The number of carboxylic acids is 1. The molecule has 0 aromatic rings. The summed E-state index contributed by atoms with van der Waals surface area (Å²) in [4.78, 5) is 22.6. The van der Waals surface area contributed by atoms with E-state index in [0.29, 0.717) is 6.42 Å². The molecule has 0 radical (unpaired) electrons. The minimum absolute atomic E-state index is 0.228. The van der Waals surface area contributed by atoms with Crippen LogP contribution in [0.4, 0.5) is 0 Å². The number of nitrogens with one attached hydrogen (secondary N) is 1. The molecule has 0 heterocycles. The lowest BCUT2D eigenvalue weighted by molar-refractivity contribution is -0.145. The molecule has 1 aliphatic rings. The average Bonchev–Trinajstić information content (AvgIpc) is 2.16. The molecule has 84 valence electrons. The Bertz CT molecular complexity index is 288. The smallest absolute Gasteiger partial charge is 0.311 e. The number of carbonyl (C=O) groups is 2. The third-order valence-electron chi connectivity index (χ3n) is 2.39. The summed E-state index contributed by atoms with van der Waals surface area (Å²) < 4.78 is 0. The van der Waals surface area contributed by atoms with E-state index in [1.807, 2.05) is 6.08 Å². The lowest BCUT2D eigenvalue weighted by atomic mass is 9.83. The van der Waals surface area contributed by atoms with Gasteiger partial charge in [0.15, 0.2) is 0 Å². The maximum atomic E-state index is 11.7. The predicted octanol–water partition coefficient (Wildman–Crippen LogP) is 1.05. The van der Waals surface area contributed by atoms with E-state index in [2.05, 4.69) is 17.9 Å². The molecule has 3 unspecified atom stereocenters. The van der Waals surface area contributed by atoms with Gasteiger partial charge < -0.3 is 10.4 Å².